The van der Waals surface area contributed by atoms with Crippen LogP contribution in [0.5, 0.6) is 0 Å². The quantitative estimate of drug-likeness (QED) is 0.765. The molecular weight excluding hydrogens is 350 g/mol. The van der Waals surface area contributed by atoms with Gasteiger partial charge in [-0.25, -0.2) is 0 Å². The number of halogens is 1. The lowest BCUT2D eigenvalue weighted by Crippen LogP contribution is -2.50. The average Bonchev–Trinajstić information content (AvgIpc) is 2.61. The fourth-order valence-electron chi connectivity index (χ4n) is 3.33. The van der Waals surface area contributed by atoms with Gasteiger partial charge in [0, 0.05) is 12.6 Å². The summed E-state index contributed by atoms with van der Waals surface area (Å²) in [7, 11) is 0. The molecule has 26 heavy (non-hydrogen) atoms. The van der Waals surface area contributed by atoms with Crippen molar-refractivity contribution in [2.75, 3.05) is 26.2 Å². The molecule has 0 bridgehead atoms. The minimum Gasteiger partial charge on any atom is -0.353 e. The number of carbonyl (C=O) groups excluding carboxylic acids is 2. The Morgan fingerprint density at radius 1 is 1.19 bits per heavy atom. The van der Waals surface area contributed by atoms with Crippen LogP contribution in [-0.2, 0) is 4.79 Å². The summed E-state index contributed by atoms with van der Waals surface area (Å²) in [5.41, 5.74) is 0.379. The SMILES string of the molecule is CC1CCN(C(CNC(=O)CNC(=O)c2ccccc2Cl)C(C)C)CC1. The van der Waals surface area contributed by atoms with Crippen LogP contribution in [0.2, 0.25) is 5.02 Å². The van der Waals surface area contributed by atoms with Crippen LogP contribution in [0.1, 0.15) is 44.0 Å². The number of nitrogens with one attached hydrogen (secondary N) is 2. The summed E-state index contributed by atoms with van der Waals surface area (Å²) in [6.07, 6.45) is 2.43. The molecule has 1 aliphatic rings. The minimum atomic E-state index is -0.337. The van der Waals surface area contributed by atoms with Crippen molar-refractivity contribution in [2.45, 2.75) is 39.7 Å². The monoisotopic (exact) mass is 379 g/mol. The molecule has 0 saturated carbocycles. The van der Waals surface area contributed by atoms with E-state index < -0.39 is 0 Å². The Morgan fingerprint density at radius 3 is 2.46 bits per heavy atom. The van der Waals surface area contributed by atoms with E-state index in [1.54, 1.807) is 24.3 Å². The second-order valence-corrected chi connectivity index (χ2v) is 7.90. The first-order chi connectivity index (χ1) is 12.4. The first kappa shape index (κ1) is 20.7. The maximum atomic E-state index is 12.1. The standard InChI is InChI=1S/C20H30ClN3O2/c1-14(2)18(24-10-8-15(3)9-11-24)12-22-19(25)13-23-20(26)16-6-4-5-7-17(16)21/h4-7,14-15,18H,8-13H2,1-3H3,(H,22,25)(H,23,26). The van der Waals surface area contributed by atoms with E-state index in [0.29, 0.717) is 29.1 Å². The highest BCUT2D eigenvalue weighted by atomic mass is 35.5. The maximum Gasteiger partial charge on any atom is 0.253 e. The number of amides is 2. The van der Waals surface area contributed by atoms with Crippen LogP contribution in [0.15, 0.2) is 24.3 Å². The van der Waals surface area contributed by atoms with Crippen molar-refractivity contribution in [1.29, 1.82) is 0 Å². The molecule has 1 aliphatic heterocycles. The van der Waals surface area contributed by atoms with Crippen LogP contribution >= 0.6 is 11.6 Å². The minimum absolute atomic E-state index is 0.0497. The number of hydrogen-bond acceptors (Lipinski definition) is 3. The smallest absolute Gasteiger partial charge is 0.253 e. The van der Waals surface area contributed by atoms with Gasteiger partial charge in [0.2, 0.25) is 5.91 Å². The molecule has 1 saturated heterocycles. The van der Waals surface area contributed by atoms with Crippen molar-refractivity contribution < 1.29 is 9.59 Å². The van der Waals surface area contributed by atoms with Gasteiger partial charge in [0.1, 0.15) is 0 Å². The van der Waals surface area contributed by atoms with E-state index >= 15 is 0 Å². The van der Waals surface area contributed by atoms with Gasteiger partial charge < -0.3 is 10.6 Å². The average molecular weight is 380 g/mol. The highest BCUT2D eigenvalue weighted by molar-refractivity contribution is 6.33. The van der Waals surface area contributed by atoms with E-state index in [9.17, 15) is 9.59 Å². The van der Waals surface area contributed by atoms with Gasteiger partial charge in [-0.1, -0.05) is 44.5 Å². The number of nitrogens with zero attached hydrogens (tertiary/aromatic N) is 1. The fourth-order valence-corrected chi connectivity index (χ4v) is 3.55. The molecule has 2 amide bonds. The van der Waals surface area contributed by atoms with Crippen LogP contribution < -0.4 is 10.6 Å². The molecule has 0 spiro atoms. The van der Waals surface area contributed by atoms with E-state index in [2.05, 4.69) is 36.3 Å². The largest absolute Gasteiger partial charge is 0.353 e. The molecule has 2 rings (SSSR count). The molecule has 1 fully saturated rings. The number of rotatable bonds is 7. The Kier molecular flexibility index (Phi) is 7.91. The van der Waals surface area contributed by atoms with E-state index in [1.807, 2.05) is 0 Å². The second kappa shape index (κ2) is 9.93. The zero-order valence-corrected chi connectivity index (χ0v) is 16.7. The van der Waals surface area contributed by atoms with Gasteiger partial charge in [0.05, 0.1) is 17.1 Å². The number of carbonyl (C=O) groups is 2. The van der Waals surface area contributed by atoms with Gasteiger partial charge in [-0.3, -0.25) is 14.5 Å². The summed E-state index contributed by atoms with van der Waals surface area (Å²) < 4.78 is 0. The molecule has 144 valence electrons. The summed E-state index contributed by atoms with van der Waals surface area (Å²) in [6, 6.07) is 7.13. The van der Waals surface area contributed by atoms with E-state index in [1.165, 1.54) is 12.8 Å². The molecule has 6 heteroatoms. The topological polar surface area (TPSA) is 61.4 Å². The Morgan fingerprint density at radius 2 is 1.85 bits per heavy atom. The number of hydrogen-bond donors (Lipinski definition) is 2. The van der Waals surface area contributed by atoms with Gasteiger partial charge in [-0.05, 0) is 49.9 Å². The third kappa shape index (κ3) is 5.99. The zero-order chi connectivity index (χ0) is 19.1. The molecule has 1 unspecified atom stereocenters. The molecule has 0 aromatic heterocycles. The summed E-state index contributed by atoms with van der Waals surface area (Å²) in [4.78, 5) is 26.7. The first-order valence-corrected chi connectivity index (χ1v) is 9.79. The number of benzene rings is 1. The van der Waals surface area contributed by atoms with Gasteiger partial charge in [-0.15, -0.1) is 0 Å². The highest BCUT2D eigenvalue weighted by Crippen LogP contribution is 2.21. The summed E-state index contributed by atoms with van der Waals surface area (Å²) >= 11 is 6.00. The van der Waals surface area contributed by atoms with Crippen molar-refractivity contribution in [3.8, 4) is 0 Å². The summed E-state index contributed by atoms with van der Waals surface area (Å²) in [6.45, 7) is 9.40. The van der Waals surface area contributed by atoms with Crippen molar-refractivity contribution in [3.05, 3.63) is 34.9 Å². The van der Waals surface area contributed by atoms with Crippen LogP contribution in [0.3, 0.4) is 0 Å². The lowest BCUT2D eigenvalue weighted by Gasteiger charge is -2.38. The molecule has 2 N–H and O–H groups in total. The van der Waals surface area contributed by atoms with E-state index in [0.717, 1.165) is 19.0 Å². The molecule has 1 heterocycles. The molecular formula is C20H30ClN3O2. The third-order valence-electron chi connectivity index (χ3n) is 5.09. The lowest BCUT2D eigenvalue weighted by molar-refractivity contribution is -0.120. The van der Waals surface area contributed by atoms with E-state index in [-0.39, 0.29) is 18.4 Å². The van der Waals surface area contributed by atoms with E-state index in [4.69, 9.17) is 11.6 Å². The lowest BCUT2D eigenvalue weighted by atomic mass is 9.94. The molecule has 0 radical (unpaired) electrons. The molecule has 1 aromatic rings. The Bertz CT molecular complexity index is 613. The van der Waals surface area contributed by atoms with Crippen molar-refractivity contribution in [2.24, 2.45) is 11.8 Å². The highest BCUT2D eigenvalue weighted by Gasteiger charge is 2.25. The molecule has 5 nitrogen and oxygen atoms in total. The van der Waals surface area contributed by atoms with Crippen LogP contribution in [0.4, 0.5) is 0 Å². The van der Waals surface area contributed by atoms with Crippen molar-refractivity contribution >= 4 is 23.4 Å². The van der Waals surface area contributed by atoms with Crippen LogP contribution in [-0.4, -0.2) is 48.9 Å². The molecule has 0 aliphatic carbocycles. The van der Waals surface area contributed by atoms with Crippen molar-refractivity contribution in [1.82, 2.24) is 15.5 Å². The van der Waals surface area contributed by atoms with Gasteiger partial charge >= 0.3 is 0 Å². The predicted octanol–water partition coefficient (Wildman–Crippen LogP) is 2.94. The number of piperidine rings is 1. The Labute approximate surface area is 161 Å². The summed E-state index contributed by atoms with van der Waals surface area (Å²) in [5.74, 6) is 0.729. The molecule has 1 aromatic carbocycles. The van der Waals surface area contributed by atoms with Gasteiger partial charge in [-0.2, -0.15) is 0 Å². The number of likely N-dealkylation sites (tertiary alicyclic amines) is 1. The predicted molar refractivity (Wildman–Crippen MR) is 105 cm³/mol. The fraction of sp³-hybridized carbons (Fsp3) is 0.600. The first-order valence-electron chi connectivity index (χ1n) is 9.42. The normalized spacial score (nSPS) is 17.1. The zero-order valence-electron chi connectivity index (χ0n) is 15.9. The van der Waals surface area contributed by atoms with Gasteiger partial charge in [0.15, 0.2) is 0 Å². The van der Waals surface area contributed by atoms with Crippen LogP contribution in [0.25, 0.3) is 0 Å². The second-order valence-electron chi connectivity index (χ2n) is 7.50. The summed E-state index contributed by atoms with van der Waals surface area (Å²) in [5, 5.41) is 5.97. The van der Waals surface area contributed by atoms with Crippen LogP contribution in [0, 0.1) is 11.8 Å². The Balaban J connectivity index is 1.79. The van der Waals surface area contributed by atoms with Gasteiger partial charge in [0.25, 0.3) is 5.91 Å². The molecule has 1 atom stereocenters. The maximum absolute atomic E-state index is 12.1. The third-order valence-corrected chi connectivity index (χ3v) is 5.42. The van der Waals surface area contributed by atoms with Crippen molar-refractivity contribution in [3.63, 3.8) is 0 Å². The Hall–Kier alpha value is -1.59.